The minimum absolute atomic E-state index is 0.0403. The van der Waals surface area contributed by atoms with E-state index in [0.29, 0.717) is 18.1 Å². The van der Waals surface area contributed by atoms with E-state index in [1.165, 1.54) is 0 Å². The van der Waals surface area contributed by atoms with Crippen molar-refractivity contribution >= 4 is 11.6 Å². The molecule has 1 saturated heterocycles. The van der Waals surface area contributed by atoms with Crippen LogP contribution in [0.15, 0.2) is 28.8 Å². The molecule has 2 aromatic rings. The first-order chi connectivity index (χ1) is 9.20. The average molecular weight is 279 g/mol. The van der Waals surface area contributed by atoms with E-state index in [9.17, 15) is 0 Å². The molecule has 0 aliphatic carbocycles. The van der Waals surface area contributed by atoms with Crippen LogP contribution in [0.3, 0.4) is 0 Å². The van der Waals surface area contributed by atoms with Gasteiger partial charge in [-0.25, -0.2) is 0 Å². The van der Waals surface area contributed by atoms with Crippen molar-refractivity contribution < 1.29 is 9.26 Å². The molecule has 3 rings (SSSR count). The van der Waals surface area contributed by atoms with Gasteiger partial charge in [-0.1, -0.05) is 28.9 Å². The van der Waals surface area contributed by atoms with Gasteiger partial charge in [0.25, 0.3) is 5.89 Å². The summed E-state index contributed by atoms with van der Waals surface area (Å²) in [5.41, 5.74) is 1.11. The summed E-state index contributed by atoms with van der Waals surface area (Å²) in [5, 5.41) is 4.73. The number of benzene rings is 1. The van der Waals surface area contributed by atoms with Crippen LogP contribution in [0.1, 0.15) is 43.1 Å². The van der Waals surface area contributed by atoms with Crippen LogP contribution in [0.5, 0.6) is 0 Å². The summed E-state index contributed by atoms with van der Waals surface area (Å²) < 4.78 is 11.0. The summed E-state index contributed by atoms with van der Waals surface area (Å²) in [7, 11) is 0. The van der Waals surface area contributed by atoms with E-state index < -0.39 is 0 Å². The molecule has 0 saturated carbocycles. The lowest BCUT2D eigenvalue weighted by Crippen LogP contribution is -2.01. The third-order valence-corrected chi connectivity index (χ3v) is 3.52. The van der Waals surface area contributed by atoms with Crippen molar-refractivity contribution in [2.75, 3.05) is 0 Å². The minimum Gasteiger partial charge on any atom is -0.365 e. The highest BCUT2D eigenvalue weighted by Gasteiger charge is 2.28. The first-order valence-electron chi connectivity index (χ1n) is 6.43. The number of hydrogen-bond donors (Lipinski definition) is 0. The van der Waals surface area contributed by atoms with E-state index in [4.69, 9.17) is 20.9 Å². The third-order valence-electron chi connectivity index (χ3n) is 3.27. The fourth-order valence-corrected chi connectivity index (χ4v) is 2.37. The third kappa shape index (κ3) is 2.96. The van der Waals surface area contributed by atoms with E-state index in [1.807, 2.05) is 24.3 Å². The summed E-state index contributed by atoms with van der Waals surface area (Å²) in [5.74, 6) is 1.27. The Balaban J connectivity index is 1.69. The zero-order chi connectivity index (χ0) is 13.2. The molecule has 2 atom stereocenters. The molecular formula is C14H15ClN2O2. The van der Waals surface area contributed by atoms with Crippen LogP contribution in [0.4, 0.5) is 0 Å². The molecule has 0 N–H and O–H groups in total. The molecule has 0 spiro atoms. The minimum atomic E-state index is -0.0403. The molecule has 4 nitrogen and oxygen atoms in total. The maximum Gasteiger partial charge on any atom is 0.255 e. The highest BCUT2D eigenvalue weighted by molar-refractivity contribution is 6.30. The number of halogens is 1. The first kappa shape index (κ1) is 12.6. The van der Waals surface area contributed by atoms with Crippen LogP contribution in [0.2, 0.25) is 5.02 Å². The normalized spacial score (nSPS) is 22.8. The lowest BCUT2D eigenvalue weighted by molar-refractivity contribution is 0.0355. The second-order valence-corrected chi connectivity index (χ2v) is 5.30. The van der Waals surface area contributed by atoms with Crippen LogP contribution in [0, 0.1) is 0 Å². The molecular weight excluding hydrogens is 264 g/mol. The SMILES string of the molecule is C[C@@H]1CC[C@@H](c2nc(Cc3ccc(Cl)cc3)no2)O1. The highest BCUT2D eigenvalue weighted by atomic mass is 35.5. The Morgan fingerprint density at radius 1 is 1.26 bits per heavy atom. The van der Waals surface area contributed by atoms with Gasteiger partial charge in [0.15, 0.2) is 5.82 Å². The van der Waals surface area contributed by atoms with Crippen molar-refractivity contribution in [3.8, 4) is 0 Å². The molecule has 0 amide bonds. The summed E-state index contributed by atoms with van der Waals surface area (Å²) in [6.45, 7) is 2.06. The van der Waals surface area contributed by atoms with Crippen molar-refractivity contribution in [3.63, 3.8) is 0 Å². The maximum absolute atomic E-state index is 5.85. The molecule has 2 heterocycles. The standard InChI is InChI=1S/C14H15ClN2O2/c1-9-2-7-12(18-9)14-16-13(17-19-14)8-10-3-5-11(15)6-4-10/h3-6,9,12H,2,7-8H2,1H3/t9-,12+/m1/s1. The number of aromatic nitrogens is 2. The van der Waals surface area contributed by atoms with Crippen LogP contribution in [-0.2, 0) is 11.2 Å². The molecule has 19 heavy (non-hydrogen) atoms. The maximum atomic E-state index is 5.85. The fourth-order valence-electron chi connectivity index (χ4n) is 2.24. The van der Waals surface area contributed by atoms with Crippen molar-refractivity contribution in [2.24, 2.45) is 0 Å². The van der Waals surface area contributed by atoms with Crippen molar-refractivity contribution in [1.82, 2.24) is 10.1 Å². The van der Waals surface area contributed by atoms with Gasteiger partial charge >= 0.3 is 0 Å². The van der Waals surface area contributed by atoms with Crippen LogP contribution < -0.4 is 0 Å². The Labute approximate surface area is 116 Å². The Morgan fingerprint density at radius 3 is 2.74 bits per heavy atom. The van der Waals surface area contributed by atoms with E-state index >= 15 is 0 Å². The molecule has 1 aromatic carbocycles. The predicted molar refractivity (Wildman–Crippen MR) is 71.1 cm³/mol. The smallest absolute Gasteiger partial charge is 0.255 e. The van der Waals surface area contributed by atoms with E-state index in [2.05, 4.69) is 17.1 Å². The van der Waals surface area contributed by atoms with Gasteiger partial charge in [-0.3, -0.25) is 0 Å². The van der Waals surface area contributed by atoms with Gasteiger partial charge in [0.2, 0.25) is 0 Å². The van der Waals surface area contributed by atoms with Gasteiger partial charge in [0.05, 0.1) is 6.10 Å². The molecule has 1 aromatic heterocycles. The van der Waals surface area contributed by atoms with Gasteiger partial charge in [-0.15, -0.1) is 0 Å². The molecule has 0 radical (unpaired) electrons. The van der Waals surface area contributed by atoms with Gasteiger partial charge in [-0.2, -0.15) is 4.98 Å². The topological polar surface area (TPSA) is 48.2 Å². The fraction of sp³-hybridized carbons (Fsp3) is 0.429. The molecule has 1 aliphatic heterocycles. The summed E-state index contributed by atoms with van der Waals surface area (Å²) >= 11 is 5.85. The monoisotopic (exact) mass is 278 g/mol. The van der Waals surface area contributed by atoms with Crippen molar-refractivity contribution in [3.05, 3.63) is 46.6 Å². The molecule has 5 heteroatoms. The van der Waals surface area contributed by atoms with Crippen LogP contribution in [0.25, 0.3) is 0 Å². The number of hydrogen-bond acceptors (Lipinski definition) is 4. The Kier molecular flexibility index (Phi) is 3.53. The summed E-state index contributed by atoms with van der Waals surface area (Å²) in [6, 6.07) is 7.65. The quantitative estimate of drug-likeness (QED) is 0.861. The van der Waals surface area contributed by atoms with E-state index in [-0.39, 0.29) is 12.2 Å². The van der Waals surface area contributed by atoms with Gasteiger partial charge < -0.3 is 9.26 Å². The lowest BCUT2D eigenvalue weighted by Gasteiger charge is -2.04. The summed E-state index contributed by atoms with van der Waals surface area (Å²) in [4.78, 5) is 4.41. The van der Waals surface area contributed by atoms with E-state index in [1.54, 1.807) is 0 Å². The highest BCUT2D eigenvalue weighted by Crippen LogP contribution is 2.31. The zero-order valence-corrected chi connectivity index (χ0v) is 11.4. The van der Waals surface area contributed by atoms with Crippen molar-refractivity contribution in [1.29, 1.82) is 0 Å². The second-order valence-electron chi connectivity index (χ2n) is 4.86. The van der Waals surface area contributed by atoms with Gasteiger partial charge in [-0.05, 0) is 37.5 Å². The van der Waals surface area contributed by atoms with Gasteiger partial charge in [0, 0.05) is 11.4 Å². The van der Waals surface area contributed by atoms with Crippen LogP contribution in [-0.4, -0.2) is 16.2 Å². The molecule has 0 bridgehead atoms. The molecule has 100 valence electrons. The van der Waals surface area contributed by atoms with Crippen molar-refractivity contribution in [2.45, 2.75) is 38.4 Å². The molecule has 1 fully saturated rings. The average Bonchev–Trinajstić information content (AvgIpc) is 3.01. The van der Waals surface area contributed by atoms with Gasteiger partial charge in [0.1, 0.15) is 6.10 Å². The molecule has 0 unspecified atom stereocenters. The Hall–Kier alpha value is -1.39. The number of nitrogens with zero attached hydrogens (tertiary/aromatic N) is 2. The Bertz CT molecular complexity index is 553. The first-order valence-corrected chi connectivity index (χ1v) is 6.81. The predicted octanol–water partition coefficient (Wildman–Crippen LogP) is 3.55. The summed E-state index contributed by atoms with van der Waals surface area (Å²) in [6.07, 6.45) is 2.87. The Morgan fingerprint density at radius 2 is 2.05 bits per heavy atom. The largest absolute Gasteiger partial charge is 0.365 e. The zero-order valence-electron chi connectivity index (χ0n) is 10.7. The number of rotatable bonds is 3. The van der Waals surface area contributed by atoms with E-state index in [0.717, 1.165) is 23.4 Å². The van der Waals surface area contributed by atoms with Crippen LogP contribution >= 0.6 is 11.6 Å². The number of ether oxygens (including phenoxy) is 1. The molecule has 1 aliphatic rings. The second kappa shape index (κ2) is 5.31. The lowest BCUT2D eigenvalue weighted by atomic mass is 10.1.